The zero-order valence-corrected chi connectivity index (χ0v) is 13.8. The summed E-state index contributed by atoms with van der Waals surface area (Å²) in [6, 6.07) is 3.62. The number of carbonyl (C=O) groups excluding carboxylic acids is 1. The van der Waals surface area contributed by atoms with Crippen molar-refractivity contribution in [2.24, 2.45) is 5.92 Å². The van der Waals surface area contributed by atoms with Gasteiger partial charge in [0.05, 0.1) is 35.3 Å². The number of aromatic amines is 1. The molecule has 0 unspecified atom stereocenters. The molecule has 0 amide bonds. The van der Waals surface area contributed by atoms with E-state index in [1.54, 1.807) is 12.3 Å². The van der Waals surface area contributed by atoms with Gasteiger partial charge < -0.3 is 9.72 Å². The number of nitrogens with one attached hydrogen (secondary N) is 1. The molecule has 2 heterocycles. The summed E-state index contributed by atoms with van der Waals surface area (Å²) in [4.78, 5) is 27.3. The Bertz CT molecular complexity index is 1010. The number of fused-ring (bicyclic) bond motifs is 3. The molecule has 0 atom stereocenters. The Labute approximate surface area is 138 Å². The first-order valence-electron chi connectivity index (χ1n) is 8.19. The van der Waals surface area contributed by atoms with Gasteiger partial charge in [-0.3, -0.25) is 9.48 Å². The molecule has 1 N–H and O–H groups in total. The lowest BCUT2D eigenvalue weighted by atomic mass is 9.85. The lowest BCUT2D eigenvalue weighted by molar-refractivity contribution is 0.0600. The highest BCUT2D eigenvalue weighted by molar-refractivity contribution is 6.06. The van der Waals surface area contributed by atoms with Crippen LogP contribution in [-0.4, -0.2) is 27.8 Å². The molecule has 0 saturated heterocycles. The van der Waals surface area contributed by atoms with Crippen LogP contribution in [0.2, 0.25) is 0 Å². The number of pyridine rings is 1. The molecule has 1 saturated carbocycles. The van der Waals surface area contributed by atoms with Crippen LogP contribution in [0.25, 0.3) is 21.8 Å². The van der Waals surface area contributed by atoms with E-state index in [-0.39, 0.29) is 11.5 Å². The molecule has 0 bridgehead atoms. The lowest BCUT2D eigenvalue weighted by Crippen LogP contribution is -2.19. The fraction of sp³-hybridized carbons (Fsp3) is 0.389. The first-order valence-corrected chi connectivity index (χ1v) is 8.19. The van der Waals surface area contributed by atoms with E-state index in [4.69, 9.17) is 4.74 Å². The molecule has 124 valence electrons. The molecular weight excluding hydrogens is 306 g/mol. The molecule has 1 aromatic carbocycles. The van der Waals surface area contributed by atoms with E-state index in [0.29, 0.717) is 22.4 Å². The number of nitrogens with zero attached hydrogens (tertiary/aromatic N) is 2. The van der Waals surface area contributed by atoms with Crippen molar-refractivity contribution >= 4 is 27.8 Å². The highest BCUT2D eigenvalue weighted by atomic mass is 16.5. The van der Waals surface area contributed by atoms with Gasteiger partial charge in [-0.2, -0.15) is 5.10 Å². The highest BCUT2D eigenvalue weighted by Crippen LogP contribution is 2.30. The normalized spacial score (nSPS) is 14.9. The molecule has 1 aliphatic rings. The Morgan fingerprint density at radius 2 is 2.17 bits per heavy atom. The second-order valence-corrected chi connectivity index (χ2v) is 6.54. The maximum atomic E-state index is 12.4. The van der Waals surface area contributed by atoms with Crippen LogP contribution in [0.4, 0.5) is 0 Å². The van der Waals surface area contributed by atoms with E-state index >= 15 is 0 Å². The summed E-state index contributed by atoms with van der Waals surface area (Å²) >= 11 is 0. The smallest absolute Gasteiger partial charge is 0.338 e. The van der Waals surface area contributed by atoms with Gasteiger partial charge in [0.1, 0.15) is 0 Å². The predicted molar refractivity (Wildman–Crippen MR) is 91.3 cm³/mol. The molecule has 3 aromatic rings. The SMILES string of the molecule is COC(=O)c1cc2c(cc1C)[nH]c(=O)c1cnn(CC3CCC3)c12. The van der Waals surface area contributed by atoms with Gasteiger partial charge in [-0.1, -0.05) is 6.42 Å². The summed E-state index contributed by atoms with van der Waals surface area (Å²) < 4.78 is 6.78. The molecule has 0 aliphatic heterocycles. The van der Waals surface area contributed by atoms with Gasteiger partial charge in [-0.15, -0.1) is 0 Å². The van der Waals surface area contributed by atoms with Gasteiger partial charge in [-0.05, 0) is 43.4 Å². The third-order valence-electron chi connectivity index (χ3n) is 5.01. The van der Waals surface area contributed by atoms with Crippen LogP contribution in [0.5, 0.6) is 0 Å². The molecule has 0 spiro atoms. The van der Waals surface area contributed by atoms with E-state index < -0.39 is 0 Å². The number of carbonyl (C=O) groups is 1. The van der Waals surface area contributed by atoms with Gasteiger partial charge >= 0.3 is 5.97 Å². The average molecular weight is 325 g/mol. The minimum Gasteiger partial charge on any atom is -0.465 e. The first kappa shape index (κ1) is 14.9. The van der Waals surface area contributed by atoms with Crippen LogP contribution >= 0.6 is 0 Å². The Morgan fingerprint density at radius 1 is 1.38 bits per heavy atom. The third kappa shape index (κ3) is 2.21. The second-order valence-electron chi connectivity index (χ2n) is 6.54. The Hall–Kier alpha value is -2.63. The van der Waals surface area contributed by atoms with Crippen molar-refractivity contribution in [2.75, 3.05) is 7.11 Å². The quantitative estimate of drug-likeness (QED) is 0.751. The van der Waals surface area contributed by atoms with Gasteiger partial charge in [0.2, 0.25) is 0 Å². The van der Waals surface area contributed by atoms with Crippen LogP contribution in [0.1, 0.15) is 35.2 Å². The van der Waals surface area contributed by atoms with Crippen LogP contribution in [0.3, 0.4) is 0 Å². The van der Waals surface area contributed by atoms with E-state index in [0.717, 1.165) is 23.0 Å². The van der Waals surface area contributed by atoms with Crippen LogP contribution in [0.15, 0.2) is 23.1 Å². The third-order valence-corrected chi connectivity index (χ3v) is 5.01. The number of aryl methyl sites for hydroxylation is 1. The van der Waals surface area contributed by atoms with E-state index in [2.05, 4.69) is 10.1 Å². The van der Waals surface area contributed by atoms with E-state index in [9.17, 15) is 9.59 Å². The van der Waals surface area contributed by atoms with Gasteiger partial charge in [0, 0.05) is 11.9 Å². The van der Waals surface area contributed by atoms with Crippen LogP contribution in [-0.2, 0) is 11.3 Å². The summed E-state index contributed by atoms with van der Waals surface area (Å²) in [5, 5.41) is 5.81. The molecule has 0 radical (unpaired) electrons. The minimum atomic E-state index is -0.376. The number of rotatable bonds is 3. The van der Waals surface area contributed by atoms with Crippen molar-refractivity contribution in [3.8, 4) is 0 Å². The van der Waals surface area contributed by atoms with Gasteiger partial charge in [0.25, 0.3) is 5.56 Å². The van der Waals surface area contributed by atoms with E-state index in [1.165, 1.54) is 26.4 Å². The zero-order valence-electron chi connectivity index (χ0n) is 13.8. The van der Waals surface area contributed by atoms with Crippen molar-refractivity contribution in [1.29, 1.82) is 0 Å². The monoisotopic (exact) mass is 325 g/mol. The van der Waals surface area contributed by atoms with Gasteiger partial charge in [0.15, 0.2) is 0 Å². The van der Waals surface area contributed by atoms with Crippen LogP contribution < -0.4 is 5.56 Å². The molecule has 6 heteroatoms. The summed E-state index contributed by atoms with van der Waals surface area (Å²) in [5.74, 6) is 0.242. The van der Waals surface area contributed by atoms with E-state index in [1.807, 2.05) is 17.7 Å². The Balaban J connectivity index is 2.00. The fourth-order valence-electron chi connectivity index (χ4n) is 3.42. The maximum Gasteiger partial charge on any atom is 0.338 e. The second kappa shape index (κ2) is 5.47. The predicted octanol–water partition coefficient (Wildman–Crippen LogP) is 2.77. The minimum absolute atomic E-state index is 0.150. The largest absolute Gasteiger partial charge is 0.465 e. The molecule has 4 rings (SSSR count). The topological polar surface area (TPSA) is 77.0 Å². The zero-order chi connectivity index (χ0) is 16.8. The summed E-state index contributed by atoms with van der Waals surface area (Å²) in [6.45, 7) is 2.64. The number of ether oxygens (including phenoxy) is 1. The number of hydrogen-bond donors (Lipinski definition) is 1. The Kier molecular flexibility index (Phi) is 3.40. The molecular formula is C18H19N3O3. The van der Waals surface area contributed by atoms with Crippen molar-refractivity contribution in [3.63, 3.8) is 0 Å². The number of hydrogen-bond acceptors (Lipinski definition) is 4. The van der Waals surface area contributed by atoms with Gasteiger partial charge in [-0.25, -0.2) is 4.79 Å². The Morgan fingerprint density at radius 3 is 2.83 bits per heavy atom. The number of H-pyrrole nitrogens is 1. The van der Waals surface area contributed by atoms with Crippen molar-refractivity contribution in [1.82, 2.24) is 14.8 Å². The number of esters is 1. The summed E-state index contributed by atoms with van der Waals surface area (Å²) in [5.41, 5.74) is 2.64. The van der Waals surface area contributed by atoms with Crippen molar-refractivity contribution in [2.45, 2.75) is 32.7 Å². The standard InChI is InChI=1S/C18H19N3O3/c1-10-6-15-13(7-12(10)18(23)24-2)16-14(17(22)20-15)8-19-21(16)9-11-4-3-5-11/h6-8,11H,3-5,9H2,1-2H3,(H,20,22). The molecule has 1 aliphatic carbocycles. The van der Waals surface area contributed by atoms with Crippen LogP contribution in [0, 0.1) is 12.8 Å². The lowest BCUT2D eigenvalue weighted by Gasteiger charge is -2.25. The first-order chi connectivity index (χ1) is 11.6. The molecule has 1 fully saturated rings. The molecule has 24 heavy (non-hydrogen) atoms. The molecule has 2 aromatic heterocycles. The number of methoxy groups -OCH3 is 1. The van der Waals surface area contributed by atoms with Crippen molar-refractivity contribution in [3.05, 3.63) is 39.8 Å². The number of benzene rings is 1. The summed E-state index contributed by atoms with van der Waals surface area (Å²) in [6.07, 6.45) is 5.28. The summed E-state index contributed by atoms with van der Waals surface area (Å²) in [7, 11) is 1.37. The number of aromatic nitrogens is 3. The molecule has 6 nitrogen and oxygen atoms in total. The van der Waals surface area contributed by atoms with Crippen molar-refractivity contribution < 1.29 is 9.53 Å². The average Bonchev–Trinajstić information content (AvgIpc) is 2.94. The highest BCUT2D eigenvalue weighted by Gasteiger charge is 2.21. The fourth-order valence-corrected chi connectivity index (χ4v) is 3.42. The maximum absolute atomic E-state index is 12.4.